The summed E-state index contributed by atoms with van der Waals surface area (Å²) in [5, 5.41) is 0. The third-order valence-corrected chi connectivity index (χ3v) is 4.21. The molecule has 2 rings (SSSR count). The number of rotatable bonds is 7. The molecule has 0 saturated heterocycles. The van der Waals surface area contributed by atoms with Gasteiger partial charge >= 0.3 is 0 Å². The topological polar surface area (TPSA) is 38.5 Å². The van der Waals surface area contributed by atoms with Crippen molar-refractivity contribution in [2.45, 2.75) is 26.2 Å². The van der Waals surface area contributed by atoms with Crippen LogP contribution >= 0.6 is 0 Å². The molecule has 0 saturated carbocycles. The molecular weight excluding hydrogens is 284 g/mol. The molecule has 2 N–H and O–H groups in total. The maximum Gasteiger partial charge on any atom is 0.119 e. The van der Waals surface area contributed by atoms with Crippen molar-refractivity contribution in [1.29, 1.82) is 0 Å². The van der Waals surface area contributed by atoms with E-state index in [1.807, 2.05) is 13.0 Å². The fourth-order valence-corrected chi connectivity index (χ4v) is 2.90. The van der Waals surface area contributed by atoms with Crippen molar-refractivity contribution >= 4 is 5.69 Å². The number of aryl methyl sites for hydroxylation is 1. The predicted octanol–water partition coefficient (Wildman–Crippen LogP) is 3.74. The van der Waals surface area contributed by atoms with E-state index < -0.39 is 0 Å². The molecule has 0 amide bonds. The van der Waals surface area contributed by atoms with Crippen molar-refractivity contribution in [3.63, 3.8) is 0 Å². The molecule has 0 spiro atoms. The van der Waals surface area contributed by atoms with Crippen LogP contribution in [0.15, 0.2) is 42.5 Å². The first-order valence-electron chi connectivity index (χ1n) is 8.24. The van der Waals surface area contributed by atoms with Gasteiger partial charge in [-0.05, 0) is 67.8 Å². The summed E-state index contributed by atoms with van der Waals surface area (Å²) in [5.41, 5.74) is 11.2. The Bertz CT molecular complexity index is 620. The van der Waals surface area contributed by atoms with Gasteiger partial charge in [-0.25, -0.2) is 0 Å². The number of benzene rings is 2. The first-order valence-corrected chi connectivity index (χ1v) is 8.24. The van der Waals surface area contributed by atoms with Crippen LogP contribution in [-0.4, -0.2) is 27.2 Å². The minimum atomic E-state index is 0.330. The number of anilines is 1. The van der Waals surface area contributed by atoms with E-state index in [1.54, 1.807) is 0 Å². The summed E-state index contributed by atoms with van der Waals surface area (Å²) in [6.07, 6.45) is 0.957. The minimum absolute atomic E-state index is 0.330. The summed E-state index contributed by atoms with van der Waals surface area (Å²) < 4.78 is 5.57. The van der Waals surface area contributed by atoms with Crippen molar-refractivity contribution in [3.05, 3.63) is 59.2 Å². The van der Waals surface area contributed by atoms with E-state index in [0.29, 0.717) is 19.1 Å². The molecular formula is C20H28N2O. The minimum Gasteiger partial charge on any atom is -0.494 e. The van der Waals surface area contributed by atoms with E-state index in [4.69, 9.17) is 10.5 Å². The van der Waals surface area contributed by atoms with Gasteiger partial charge in [0.05, 0.1) is 6.61 Å². The standard InChI is InChI=1S/C20H28N2O/c1-5-23-19-10-11-20(15(2)12-19)17(14-21)13-16-6-8-18(9-7-16)22(3)4/h6-12,17H,5,13-14,21H2,1-4H3. The first kappa shape index (κ1) is 17.4. The molecule has 1 unspecified atom stereocenters. The summed E-state index contributed by atoms with van der Waals surface area (Å²) in [5.74, 6) is 1.26. The Morgan fingerprint density at radius 2 is 1.78 bits per heavy atom. The van der Waals surface area contributed by atoms with E-state index in [0.717, 1.165) is 12.2 Å². The highest BCUT2D eigenvalue weighted by atomic mass is 16.5. The molecule has 3 nitrogen and oxygen atoms in total. The highest BCUT2D eigenvalue weighted by molar-refractivity contribution is 5.46. The van der Waals surface area contributed by atoms with E-state index in [1.165, 1.54) is 22.4 Å². The van der Waals surface area contributed by atoms with Crippen LogP contribution in [0.1, 0.15) is 29.5 Å². The lowest BCUT2D eigenvalue weighted by atomic mass is 9.89. The maximum atomic E-state index is 6.06. The van der Waals surface area contributed by atoms with Crippen molar-refractivity contribution in [3.8, 4) is 5.75 Å². The molecule has 0 heterocycles. The van der Waals surface area contributed by atoms with Crippen molar-refractivity contribution < 1.29 is 4.74 Å². The van der Waals surface area contributed by atoms with Crippen LogP contribution in [-0.2, 0) is 6.42 Å². The van der Waals surface area contributed by atoms with E-state index in [-0.39, 0.29) is 0 Å². The summed E-state index contributed by atoms with van der Waals surface area (Å²) in [6, 6.07) is 15.0. The zero-order chi connectivity index (χ0) is 16.8. The van der Waals surface area contributed by atoms with Crippen molar-refractivity contribution in [2.24, 2.45) is 5.73 Å². The average Bonchev–Trinajstić information content (AvgIpc) is 2.54. The van der Waals surface area contributed by atoms with Gasteiger partial charge < -0.3 is 15.4 Å². The molecule has 0 aromatic heterocycles. The zero-order valence-electron chi connectivity index (χ0n) is 14.7. The third-order valence-electron chi connectivity index (χ3n) is 4.21. The van der Waals surface area contributed by atoms with Crippen LogP contribution < -0.4 is 15.4 Å². The molecule has 0 aliphatic rings. The quantitative estimate of drug-likeness (QED) is 0.846. The molecule has 124 valence electrons. The number of hydrogen-bond donors (Lipinski definition) is 1. The molecule has 0 aliphatic carbocycles. The predicted molar refractivity (Wildman–Crippen MR) is 98.6 cm³/mol. The molecule has 3 heteroatoms. The Balaban J connectivity index is 2.16. The molecule has 0 aliphatic heterocycles. The van der Waals surface area contributed by atoms with Gasteiger partial charge in [0.25, 0.3) is 0 Å². The SMILES string of the molecule is CCOc1ccc(C(CN)Cc2ccc(N(C)C)cc2)c(C)c1. The lowest BCUT2D eigenvalue weighted by Crippen LogP contribution is -2.16. The Morgan fingerprint density at radius 1 is 1.09 bits per heavy atom. The second-order valence-corrected chi connectivity index (χ2v) is 6.15. The molecule has 2 aromatic carbocycles. The largest absolute Gasteiger partial charge is 0.494 e. The Hall–Kier alpha value is -2.00. The van der Waals surface area contributed by atoms with Crippen LogP contribution in [0, 0.1) is 6.92 Å². The van der Waals surface area contributed by atoms with Gasteiger partial charge in [-0.15, -0.1) is 0 Å². The van der Waals surface area contributed by atoms with Crippen LogP contribution in [0.5, 0.6) is 5.75 Å². The number of ether oxygens (including phenoxy) is 1. The lowest BCUT2D eigenvalue weighted by Gasteiger charge is -2.19. The van der Waals surface area contributed by atoms with Crippen LogP contribution in [0.2, 0.25) is 0 Å². The van der Waals surface area contributed by atoms with Gasteiger partial charge in [-0.1, -0.05) is 18.2 Å². The molecule has 0 fully saturated rings. The monoisotopic (exact) mass is 312 g/mol. The number of hydrogen-bond acceptors (Lipinski definition) is 3. The highest BCUT2D eigenvalue weighted by Crippen LogP contribution is 2.27. The van der Waals surface area contributed by atoms with Gasteiger partial charge in [-0.3, -0.25) is 0 Å². The second-order valence-electron chi connectivity index (χ2n) is 6.15. The number of nitrogens with zero attached hydrogens (tertiary/aromatic N) is 1. The van der Waals surface area contributed by atoms with Crippen molar-refractivity contribution in [1.82, 2.24) is 0 Å². The fourth-order valence-electron chi connectivity index (χ4n) is 2.90. The smallest absolute Gasteiger partial charge is 0.119 e. The average molecular weight is 312 g/mol. The van der Waals surface area contributed by atoms with E-state index in [9.17, 15) is 0 Å². The zero-order valence-corrected chi connectivity index (χ0v) is 14.7. The summed E-state index contributed by atoms with van der Waals surface area (Å²) in [4.78, 5) is 2.11. The summed E-state index contributed by atoms with van der Waals surface area (Å²) in [6.45, 7) is 5.47. The third kappa shape index (κ3) is 4.49. The highest BCUT2D eigenvalue weighted by Gasteiger charge is 2.14. The van der Waals surface area contributed by atoms with Gasteiger partial charge in [-0.2, -0.15) is 0 Å². The molecule has 1 atom stereocenters. The van der Waals surface area contributed by atoms with Gasteiger partial charge in [0, 0.05) is 25.7 Å². The van der Waals surface area contributed by atoms with E-state index >= 15 is 0 Å². The van der Waals surface area contributed by atoms with E-state index in [2.05, 4.69) is 62.3 Å². The normalized spacial score (nSPS) is 12.0. The molecule has 0 radical (unpaired) electrons. The van der Waals surface area contributed by atoms with Crippen molar-refractivity contribution in [2.75, 3.05) is 32.1 Å². The first-order chi connectivity index (χ1) is 11.0. The van der Waals surface area contributed by atoms with Gasteiger partial charge in [0.1, 0.15) is 5.75 Å². The Kier molecular flexibility index (Phi) is 6.05. The van der Waals surface area contributed by atoms with Crippen LogP contribution in [0.4, 0.5) is 5.69 Å². The second kappa shape index (κ2) is 8.02. The summed E-state index contributed by atoms with van der Waals surface area (Å²) in [7, 11) is 4.11. The van der Waals surface area contributed by atoms with Crippen LogP contribution in [0.25, 0.3) is 0 Å². The molecule has 23 heavy (non-hydrogen) atoms. The summed E-state index contributed by atoms with van der Waals surface area (Å²) >= 11 is 0. The molecule has 2 aromatic rings. The molecule has 0 bridgehead atoms. The number of nitrogens with two attached hydrogens (primary N) is 1. The Labute approximate surface area is 140 Å². The van der Waals surface area contributed by atoms with Gasteiger partial charge in [0.15, 0.2) is 0 Å². The lowest BCUT2D eigenvalue weighted by molar-refractivity contribution is 0.340. The maximum absolute atomic E-state index is 6.06. The fraction of sp³-hybridized carbons (Fsp3) is 0.400. The Morgan fingerprint density at radius 3 is 2.30 bits per heavy atom. The van der Waals surface area contributed by atoms with Gasteiger partial charge in [0.2, 0.25) is 0 Å². The van der Waals surface area contributed by atoms with Crippen LogP contribution in [0.3, 0.4) is 0 Å².